The van der Waals surface area contributed by atoms with Crippen molar-refractivity contribution in [1.82, 2.24) is 4.90 Å². The van der Waals surface area contributed by atoms with Gasteiger partial charge in [0.15, 0.2) is 0 Å². The summed E-state index contributed by atoms with van der Waals surface area (Å²) in [6.45, 7) is 2.82. The summed E-state index contributed by atoms with van der Waals surface area (Å²) in [5, 5.41) is 9.00. The summed E-state index contributed by atoms with van der Waals surface area (Å²) in [7, 11) is 0. The summed E-state index contributed by atoms with van der Waals surface area (Å²) >= 11 is 1.49. The van der Waals surface area contributed by atoms with Crippen molar-refractivity contribution >= 4 is 23.6 Å². The number of nitrogens with two attached hydrogens (primary N) is 1. The number of β-lactam (4-membered cyclic amide) rings is 1. The second kappa shape index (κ2) is 5.29. The van der Waals surface area contributed by atoms with Crippen molar-refractivity contribution in [2.75, 3.05) is 19.0 Å². The summed E-state index contributed by atoms with van der Waals surface area (Å²) < 4.78 is 5.37. The number of carbonyl (C=O) groups is 2. The molecule has 2 atom stereocenters. The summed E-state index contributed by atoms with van der Waals surface area (Å²) in [5.74, 6) is -0.860. The third-order valence-corrected chi connectivity index (χ3v) is 4.28. The number of amides is 1. The average Bonchev–Trinajstić information content (AvgIpc) is 2.37. The number of carbonyl (C=O) groups excluding carboxylic acids is 1. The first-order valence-corrected chi connectivity index (χ1v) is 6.86. The van der Waals surface area contributed by atoms with Crippen LogP contribution < -0.4 is 5.73 Å². The summed E-state index contributed by atoms with van der Waals surface area (Å²) in [6.07, 6.45) is 0.874. The summed E-state index contributed by atoms with van der Waals surface area (Å²) in [5.41, 5.74) is 6.35. The van der Waals surface area contributed by atoms with Crippen LogP contribution in [0, 0.1) is 0 Å². The molecule has 2 aliphatic rings. The molecular weight excluding hydrogens is 256 g/mol. The number of hydrogen-bond acceptors (Lipinski definition) is 5. The minimum Gasteiger partial charge on any atom is -0.477 e. The van der Waals surface area contributed by atoms with Crippen LogP contribution in [0.2, 0.25) is 0 Å². The molecular formula is C11H16N2O4S. The average molecular weight is 272 g/mol. The highest BCUT2D eigenvalue weighted by atomic mass is 32.2. The molecule has 0 aromatic rings. The quantitative estimate of drug-likeness (QED) is 0.540. The number of nitrogens with zero attached hydrogens (tertiary/aromatic N) is 1. The van der Waals surface area contributed by atoms with E-state index < -0.39 is 12.0 Å². The molecule has 2 unspecified atom stereocenters. The maximum absolute atomic E-state index is 11.6. The van der Waals surface area contributed by atoms with Crippen molar-refractivity contribution in [2.45, 2.75) is 24.8 Å². The number of thioether (sulfide) groups is 1. The maximum atomic E-state index is 11.6. The Balaban J connectivity index is 2.18. The number of rotatable bonds is 5. The predicted octanol–water partition coefficient (Wildman–Crippen LogP) is -0.00590. The topological polar surface area (TPSA) is 92.9 Å². The van der Waals surface area contributed by atoms with Gasteiger partial charge in [0.25, 0.3) is 0 Å². The van der Waals surface area contributed by atoms with Crippen molar-refractivity contribution in [1.29, 1.82) is 0 Å². The van der Waals surface area contributed by atoms with E-state index in [2.05, 4.69) is 0 Å². The number of carboxylic acids is 1. The fraction of sp³-hybridized carbons (Fsp3) is 0.636. The van der Waals surface area contributed by atoms with E-state index in [9.17, 15) is 14.7 Å². The van der Waals surface area contributed by atoms with E-state index in [1.165, 1.54) is 16.7 Å². The van der Waals surface area contributed by atoms with Gasteiger partial charge in [-0.25, -0.2) is 4.79 Å². The van der Waals surface area contributed by atoms with Gasteiger partial charge in [-0.2, -0.15) is 0 Å². The van der Waals surface area contributed by atoms with Crippen molar-refractivity contribution in [3.8, 4) is 0 Å². The fourth-order valence-electron chi connectivity index (χ4n) is 2.03. The largest absolute Gasteiger partial charge is 0.477 e. The van der Waals surface area contributed by atoms with Crippen LogP contribution >= 0.6 is 11.8 Å². The van der Waals surface area contributed by atoms with Gasteiger partial charge in [-0.3, -0.25) is 9.69 Å². The molecule has 2 heterocycles. The number of fused-ring (bicyclic) bond motifs is 1. The van der Waals surface area contributed by atoms with Crippen LogP contribution in [0.25, 0.3) is 0 Å². The summed E-state index contributed by atoms with van der Waals surface area (Å²) in [6, 6.07) is -0.581. The van der Waals surface area contributed by atoms with Gasteiger partial charge in [-0.05, 0) is 12.0 Å². The maximum Gasteiger partial charge on any atom is 0.352 e. The number of aliphatic carboxylic acids is 1. The third kappa shape index (κ3) is 2.13. The van der Waals surface area contributed by atoms with Crippen LogP contribution in [-0.4, -0.2) is 52.3 Å². The van der Waals surface area contributed by atoms with E-state index in [-0.39, 0.29) is 23.6 Å². The zero-order chi connectivity index (χ0) is 13.3. The monoisotopic (exact) mass is 272 g/mol. The van der Waals surface area contributed by atoms with Crippen LogP contribution in [0.4, 0.5) is 0 Å². The third-order valence-electron chi connectivity index (χ3n) is 2.92. The van der Waals surface area contributed by atoms with Crippen molar-refractivity contribution < 1.29 is 19.4 Å². The van der Waals surface area contributed by atoms with Crippen molar-refractivity contribution in [3.63, 3.8) is 0 Å². The van der Waals surface area contributed by atoms with Crippen molar-refractivity contribution in [2.24, 2.45) is 5.73 Å². The molecule has 6 nitrogen and oxygen atoms in total. The lowest BCUT2D eigenvalue weighted by Crippen LogP contribution is -2.68. The van der Waals surface area contributed by atoms with Crippen LogP contribution in [0.15, 0.2) is 11.3 Å². The lowest BCUT2D eigenvalue weighted by Gasteiger charge is -2.47. The highest BCUT2D eigenvalue weighted by Gasteiger charge is 2.51. The van der Waals surface area contributed by atoms with E-state index in [0.29, 0.717) is 17.9 Å². The van der Waals surface area contributed by atoms with Gasteiger partial charge < -0.3 is 15.6 Å². The normalized spacial score (nSPS) is 27.0. The molecule has 100 valence electrons. The van der Waals surface area contributed by atoms with E-state index >= 15 is 0 Å². The smallest absolute Gasteiger partial charge is 0.352 e. The molecule has 7 heteroatoms. The molecule has 2 aliphatic heterocycles. The zero-order valence-corrected chi connectivity index (χ0v) is 10.9. The molecule has 1 fully saturated rings. The predicted molar refractivity (Wildman–Crippen MR) is 66.8 cm³/mol. The molecule has 1 saturated heterocycles. The first kappa shape index (κ1) is 13.4. The second-order valence-corrected chi connectivity index (χ2v) is 5.35. The molecule has 0 aliphatic carbocycles. The standard InChI is InChI=1S/C11H16N2O4S/c1-2-3-17-4-6-5-18-10-7(12)9(14)13(10)8(6)11(15)16/h7,10H,2-5,12H2,1H3,(H,15,16). The Kier molecular flexibility index (Phi) is 3.94. The minimum absolute atomic E-state index is 0.0570. The van der Waals surface area contributed by atoms with Gasteiger partial charge in [0.1, 0.15) is 17.1 Å². The summed E-state index contributed by atoms with van der Waals surface area (Å²) in [4.78, 5) is 24.2. The molecule has 0 aromatic carbocycles. The Bertz CT molecular complexity index is 410. The second-order valence-electron chi connectivity index (χ2n) is 4.25. The molecule has 0 saturated carbocycles. The Hall–Kier alpha value is -1.05. The molecule has 0 spiro atoms. The van der Waals surface area contributed by atoms with Crippen LogP contribution in [0.5, 0.6) is 0 Å². The molecule has 0 aromatic heterocycles. The Labute approximate surface area is 109 Å². The molecule has 0 radical (unpaired) electrons. The molecule has 2 rings (SSSR count). The Morgan fingerprint density at radius 1 is 1.67 bits per heavy atom. The van der Waals surface area contributed by atoms with Crippen molar-refractivity contribution in [3.05, 3.63) is 11.3 Å². The first-order chi connectivity index (χ1) is 8.57. The molecule has 1 amide bonds. The number of carboxylic acid groups (broad SMARTS) is 1. The highest BCUT2D eigenvalue weighted by molar-refractivity contribution is 8.00. The zero-order valence-electron chi connectivity index (χ0n) is 10.1. The van der Waals surface area contributed by atoms with Crippen LogP contribution in [0.3, 0.4) is 0 Å². The van der Waals surface area contributed by atoms with Gasteiger partial charge in [0, 0.05) is 12.4 Å². The number of ether oxygens (including phenoxy) is 1. The molecule has 18 heavy (non-hydrogen) atoms. The van der Waals surface area contributed by atoms with E-state index in [1.54, 1.807) is 0 Å². The van der Waals surface area contributed by atoms with E-state index in [1.807, 2.05) is 6.92 Å². The highest BCUT2D eigenvalue weighted by Crippen LogP contribution is 2.39. The Morgan fingerprint density at radius 2 is 2.39 bits per heavy atom. The van der Waals surface area contributed by atoms with Gasteiger partial charge in [-0.15, -0.1) is 11.8 Å². The van der Waals surface area contributed by atoms with Gasteiger partial charge >= 0.3 is 5.97 Å². The lowest BCUT2D eigenvalue weighted by atomic mass is 10.0. The SMILES string of the molecule is CCCOCC1=C(C(=O)O)N2C(=O)C(N)C2SC1. The van der Waals surface area contributed by atoms with Crippen LogP contribution in [0.1, 0.15) is 13.3 Å². The van der Waals surface area contributed by atoms with Gasteiger partial charge in [-0.1, -0.05) is 6.92 Å². The molecule has 0 bridgehead atoms. The Morgan fingerprint density at radius 3 is 3.00 bits per heavy atom. The van der Waals surface area contributed by atoms with E-state index in [0.717, 1.165) is 6.42 Å². The lowest BCUT2D eigenvalue weighted by molar-refractivity contribution is -0.148. The van der Waals surface area contributed by atoms with Gasteiger partial charge in [0.05, 0.1) is 6.61 Å². The first-order valence-electron chi connectivity index (χ1n) is 5.81. The number of hydrogen-bond donors (Lipinski definition) is 2. The minimum atomic E-state index is -1.09. The van der Waals surface area contributed by atoms with Crippen LogP contribution in [-0.2, 0) is 14.3 Å². The molecule has 3 N–H and O–H groups in total. The van der Waals surface area contributed by atoms with Gasteiger partial charge in [0.2, 0.25) is 5.91 Å². The van der Waals surface area contributed by atoms with E-state index in [4.69, 9.17) is 10.5 Å². The fourth-order valence-corrected chi connectivity index (χ4v) is 3.30.